The van der Waals surface area contributed by atoms with E-state index in [1.807, 2.05) is 36.5 Å². The number of nitrogens with two attached hydrogens (primary N) is 1. The molecule has 9 heteroatoms. The van der Waals surface area contributed by atoms with E-state index in [0.29, 0.717) is 12.2 Å². The topological polar surface area (TPSA) is 108 Å². The number of hydrazine groups is 2. The highest BCUT2D eigenvalue weighted by atomic mass is 32.1. The Morgan fingerprint density at radius 1 is 1.42 bits per heavy atom. The second kappa shape index (κ2) is 5.62. The van der Waals surface area contributed by atoms with Crippen molar-refractivity contribution in [2.75, 3.05) is 16.2 Å². The normalized spacial score (nSPS) is 13.0. The van der Waals surface area contributed by atoms with E-state index in [-0.39, 0.29) is 0 Å². The van der Waals surface area contributed by atoms with Crippen molar-refractivity contribution in [3.8, 4) is 11.3 Å². The molecule has 0 amide bonds. The van der Waals surface area contributed by atoms with Crippen molar-refractivity contribution < 1.29 is 0 Å². The number of hydrogen-bond donors (Lipinski definition) is 4. The van der Waals surface area contributed by atoms with Crippen molar-refractivity contribution in [2.45, 2.75) is 6.54 Å². The summed E-state index contributed by atoms with van der Waals surface area (Å²) < 4.78 is 1.76. The summed E-state index contributed by atoms with van der Waals surface area (Å²) in [7, 11) is 1.88. The minimum Gasteiger partial charge on any atom is -0.398 e. The Morgan fingerprint density at radius 3 is 3.00 bits per heavy atom. The second-order valence-corrected chi connectivity index (χ2v) is 6.64. The van der Waals surface area contributed by atoms with Gasteiger partial charge < -0.3 is 16.6 Å². The average Bonchev–Trinajstić information content (AvgIpc) is 3.27. The molecule has 0 saturated carbocycles. The van der Waals surface area contributed by atoms with E-state index in [4.69, 9.17) is 16.1 Å². The third kappa shape index (κ3) is 2.49. The van der Waals surface area contributed by atoms with Gasteiger partial charge >= 0.3 is 0 Å². The number of aromatic nitrogens is 3. The molecule has 122 valence electrons. The zero-order chi connectivity index (χ0) is 16.7. The van der Waals surface area contributed by atoms with Gasteiger partial charge in [-0.2, -0.15) is 5.10 Å². The van der Waals surface area contributed by atoms with E-state index in [1.165, 1.54) is 17.6 Å². The van der Waals surface area contributed by atoms with Crippen LogP contribution in [0.15, 0.2) is 30.6 Å². The standard InChI is InChI=1S/C15H16N8S/c1-22-7-9(6-18-22)12-2-3-13-15(19-12)23(21-20-13)8-10-4-11(17)14(5-16)24-10/h2-7,16,20-21H,8,17H2,1H3. The molecule has 8 nitrogen and oxygen atoms in total. The van der Waals surface area contributed by atoms with Gasteiger partial charge in [0.15, 0.2) is 5.82 Å². The largest absolute Gasteiger partial charge is 0.398 e. The molecule has 0 unspecified atom stereocenters. The molecular weight excluding hydrogens is 324 g/mol. The van der Waals surface area contributed by atoms with Gasteiger partial charge in [-0.15, -0.1) is 16.9 Å². The third-order valence-corrected chi connectivity index (χ3v) is 4.83. The molecule has 4 rings (SSSR count). The van der Waals surface area contributed by atoms with Gasteiger partial charge in [-0.1, -0.05) is 0 Å². The fourth-order valence-corrected chi connectivity index (χ4v) is 3.48. The highest BCUT2D eigenvalue weighted by molar-refractivity contribution is 7.14. The van der Waals surface area contributed by atoms with E-state index in [2.05, 4.69) is 16.1 Å². The van der Waals surface area contributed by atoms with Gasteiger partial charge in [-0.3, -0.25) is 9.69 Å². The number of anilines is 3. The molecule has 0 atom stereocenters. The minimum absolute atomic E-state index is 0.603. The van der Waals surface area contributed by atoms with Crippen LogP contribution in [0.25, 0.3) is 11.3 Å². The first-order valence-corrected chi connectivity index (χ1v) is 8.13. The summed E-state index contributed by atoms with van der Waals surface area (Å²) in [6.45, 7) is 0.603. The van der Waals surface area contributed by atoms with Gasteiger partial charge in [0, 0.05) is 29.9 Å². The SMILES string of the molecule is Cn1cc(-c2ccc3c(n2)N(Cc2cc(N)c(C=N)s2)NN3)cn1. The molecule has 0 aliphatic carbocycles. The lowest BCUT2D eigenvalue weighted by atomic mass is 10.2. The molecule has 3 aromatic heterocycles. The molecule has 0 radical (unpaired) electrons. The number of nitrogen functional groups attached to an aromatic ring is 1. The summed E-state index contributed by atoms with van der Waals surface area (Å²) in [5.41, 5.74) is 15.5. The van der Waals surface area contributed by atoms with Gasteiger partial charge in [0.2, 0.25) is 0 Å². The summed E-state index contributed by atoms with van der Waals surface area (Å²) >= 11 is 1.51. The Bertz CT molecular complexity index is 912. The number of fused-ring (bicyclic) bond motifs is 1. The third-order valence-electron chi connectivity index (χ3n) is 3.74. The molecule has 1 aliphatic rings. The highest BCUT2D eigenvalue weighted by Crippen LogP contribution is 2.32. The van der Waals surface area contributed by atoms with Crippen LogP contribution in [0.5, 0.6) is 0 Å². The van der Waals surface area contributed by atoms with Crippen LogP contribution in [-0.4, -0.2) is 21.0 Å². The predicted molar refractivity (Wildman–Crippen MR) is 96.0 cm³/mol. The van der Waals surface area contributed by atoms with Crippen LogP contribution < -0.4 is 21.7 Å². The molecule has 3 aromatic rings. The van der Waals surface area contributed by atoms with Crippen LogP contribution in [0.1, 0.15) is 9.75 Å². The van der Waals surface area contributed by atoms with Crippen molar-refractivity contribution in [1.29, 1.82) is 5.41 Å². The van der Waals surface area contributed by atoms with Crippen molar-refractivity contribution in [3.05, 3.63) is 40.3 Å². The minimum atomic E-state index is 0.603. The fraction of sp³-hybridized carbons (Fsp3) is 0.133. The lowest BCUT2D eigenvalue weighted by molar-refractivity contribution is 0.723. The monoisotopic (exact) mass is 340 g/mol. The van der Waals surface area contributed by atoms with Crippen molar-refractivity contribution in [1.82, 2.24) is 20.3 Å². The average molecular weight is 340 g/mol. The van der Waals surface area contributed by atoms with Gasteiger partial charge in [-0.05, 0) is 18.2 Å². The Labute approximate surface area is 142 Å². The van der Waals surface area contributed by atoms with Crippen LogP contribution in [0, 0.1) is 5.41 Å². The predicted octanol–water partition coefficient (Wildman–Crippen LogP) is 1.98. The van der Waals surface area contributed by atoms with E-state index in [0.717, 1.165) is 32.5 Å². The van der Waals surface area contributed by atoms with Crippen LogP contribution in [-0.2, 0) is 13.6 Å². The van der Waals surface area contributed by atoms with Gasteiger partial charge in [0.1, 0.15) is 0 Å². The molecule has 1 aliphatic heterocycles. The summed E-state index contributed by atoms with van der Waals surface area (Å²) in [6.07, 6.45) is 5.02. The Morgan fingerprint density at radius 2 is 2.29 bits per heavy atom. The quantitative estimate of drug-likeness (QED) is 0.541. The van der Waals surface area contributed by atoms with Crippen LogP contribution in [0.2, 0.25) is 0 Å². The molecular formula is C15H16N8S. The molecule has 24 heavy (non-hydrogen) atoms. The first-order valence-electron chi connectivity index (χ1n) is 7.32. The summed E-state index contributed by atoms with van der Waals surface area (Å²) in [5.74, 6) is 0.819. The lowest BCUT2D eigenvalue weighted by Crippen LogP contribution is -2.35. The molecule has 0 fully saturated rings. The van der Waals surface area contributed by atoms with Gasteiger partial charge in [-0.25, -0.2) is 4.98 Å². The zero-order valence-electron chi connectivity index (χ0n) is 12.9. The van der Waals surface area contributed by atoms with E-state index in [9.17, 15) is 0 Å². The number of pyridine rings is 1. The number of nitrogens with one attached hydrogen (secondary N) is 3. The molecule has 0 bridgehead atoms. The number of thiophene rings is 1. The van der Waals surface area contributed by atoms with Crippen molar-refractivity contribution in [3.63, 3.8) is 0 Å². The van der Waals surface area contributed by atoms with Crippen molar-refractivity contribution in [2.24, 2.45) is 7.05 Å². The van der Waals surface area contributed by atoms with Crippen LogP contribution in [0.4, 0.5) is 17.2 Å². The van der Waals surface area contributed by atoms with Crippen molar-refractivity contribution >= 4 is 34.7 Å². The Balaban J connectivity index is 1.63. The Kier molecular flexibility index (Phi) is 3.44. The molecule has 0 aromatic carbocycles. The van der Waals surface area contributed by atoms with E-state index in [1.54, 1.807) is 10.9 Å². The summed E-state index contributed by atoms with van der Waals surface area (Å²) in [5, 5.41) is 13.5. The number of rotatable bonds is 4. The Hall–Kier alpha value is -2.91. The maximum absolute atomic E-state index is 7.37. The second-order valence-electron chi connectivity index (χ2n) is 5.47. The lowest BCUT2D eigenvalue weighted by Gasteiger charge is -2.16. The highest BCUT2D eigenvalue weighted by Gasteiger charge is 2.22. The summed E-state index contributed by atoms with van der Waals surface area (Å²) in [6, 6.07) is 5.85. The first kappa shape index (κ1) is 14.7. The molecule has 4 heterocycles. The maximum Gasteiger partial charge on any atom is 0.170 e. The van der Waals surface area contributed by atoms with E-state index >= 15 is 0 Å². The smallest absolute Gasteiger partial charge is 0.170 e. The maximum atomic E-state index is 7.37. The summed E-state index contributed by atoms with van der Waals surface area (Å²) in [4.78, 5) is 6.57. The molecule has 5 N–H and O–H groups in total. The number of nitrogens with zero attached hydrogens (tertiary/aromatic N) is 4. The van der Waals surface area contributed by atoms with Gasteiger partial charge in [0.25, 0.3) is 0 Å². The van der Waals surface area contributed by atoms with E-state index < -0.39 is 0 Å². The fourth-order valence-electron chi connectivity index (χ4n) is 2.58. The van der Waals surface area contributed by atoms with Crippen LogP contribution in [0.3, 0.4) is 0 Å². The van der Waals surface area contributed by atoms with Gasteiger partial charge in [0.05, 0.1) is 34.7 Å². The van der Waals surface area contributed by atoms with Crippen LogP contribution >= 0.6 is 11.3 Å². The zero-order valence-corrected chi connectivity index (χ0v) is 13.8. The molecule has 0 spiro atoms. The molecule has 0 saturated heterocycles. The number of hydrogen-bond acceptors (Lipinski definition) is 8. The number of aryl methyl sites for hydroxylation is 1. The first-order chi connectivity index (χ1) is 11.6.